The van der Waals surface area contributed by atoms with E-state index in [4.69, 9.17) is 14.2 Å². The molecule has 0 unspecified atom stereocenters. The number of aromatic amines is 1. The van der Waals surface area contributed by atoms with E-state index in [0.717, 1.165) is 40.7 Å². The Morgan fingerprint density at radius 2 is 1.81 bits per heavy atom. The van der Waals surface area contributed by atoms with E-state index >= 15 is 0 Å². The van der Waals surface area contributed by atoms with Crippen molar-refractivity contribution in [1.29, 1.82) is 0 Å². The number of methoxy groups -OCH3 is 2. The summed E-state index contributed by atoms with van der Waals surface area (Å²) in [6.07, 6.45) is 2.74. The molecule has 0 saturated heterocycles. The number of H-pyrrole nitrogens is 1. The highest BCUT2D eigenvalue weighted by Crippen LogP contribution is 2.33. The number of nitrogens with one attached hydrogen (secondary N) is 1. The molecule has 0 bridgehead atoms. The van der Waals surface area contributed by atoms with E-state index in [2.05, 4.69) is 16.0 Å². The molecule has 0 atom stereocenters. The van der Waals surface area contributed by atoms with Gasteiger partial charge in [0.2, 0.25) is 0 Å². The van der Waals surface area contributed by atoms with Crippen LogP contribution in [0.3, 0.4) is 0 Å². The molecule has 0 aliphatic carbocycles. The number of ether oxygens (including phenoxy) is 3. The Hall–Kier alpha value is -3.41. The van der Waals surface area contributed by atoms with Crippen LogP contribution in [0.2, 0.25) is 0 Å². The van der Waals surface area contributed by atoms with Crippen molar-refractivity contribution < 1.29 is 19.0 Å². The average Bonchev–Trinajstić information content (AvgIpc) is 3.02. The predicted octanol–water partition coefficient (Wildman–Crippen LogP) is 4.93. The molecule has 0 amide bonds. The summed E-state index contributed by atoms with van der Waals surface area (Å²) in [4.78, 5) is 18.8. The van der Waals surface area contributed by atoms with Crippen molar-refractivity contribution in [3.63, 3.8) is 0 Å². The molecule has 2 aromatic carbocycles. The fourth-order valence-corrected chi connectivity index (χ4v) is 4.08. The van der Waals surface area contributed by atoms with Gasteiger partial charge in [0.15, 0.2) is 11.5 Å². The molecule has 168 valence electrons. The molecule has 32 heavy (non-hydrogen) atoms. The van der Waals surface area contributed by atoms with E-state index in [1.165, 1.54) is 0 Å². The number of carbonyl (C=O) groups is 1. The number of esters is 1. The summed E-state index contributed by atoms with van der Waals surface area (Å²) in [5.74, 6) is 1.05. The van der Waals surface area contributed by atoms with Gasteiger partial charge in [-0.1, -0.05) is 24.3 Å². The molecule has 0 radical (unpaired) electrons. The predicted molar refractivity (Wildman–Crippen MR) is 126 cm³/mol. The zero-order valence-electron chi connectivity index (χ0n) is 19.3. The molecule has 0 spiro atoms. The van der Waals surface area contributed by atoms with Gasteiger partial charge in [-0.2, -0.15) is 0 Å². The van der Waals surface area contributed by atoms with E-state index < -0.39 is 5.60 Å². The highest BCUT2D eigenvalue weighted by molar-refractivity contribution is 6.17. The van der Waals surface area contributed by atoms with Crippen molar-refractivity contribution in [1.82, 2.24) is 9.88 Å². The second-order valence-corrected chi connectivity index (χ2v) is 8.98. The fourth-order valence-electron chi connectivity index (χ4n) is 4.08. The smallest absolute Gasteiger partial charge is 0.342 e. The third-order valence-corrected chi connectivity index (χ3v) is 5.50. The van der Waals surface area contributed by atoms with Gasteiger partial charge in [-0.3, -0.25) is 0 Å². The average molecular weight is 435 g/mol. The van der Waals surface area contributed by atoms with Crippen LogP contribution in [0.5, 0.6) is 11.5 Å². The quantitative estimate of drug-likeness (QED) is 0.577. The number of nitrogens with zero attached hydrogens (tertiary/aromatic N) is 1. The highest BCUT2D eigenvalue weighted by atomic mass is 16.6. The summed E-state index contributed by atoms with van der Waals surface area (Å²) < 4.78 is 16.6. The van der Waals surface area contributed by atoms with Crippen LogP contribution in [0.25, 0.3) is 16.5 Å². The number of rotatable bonds is 5. The lowest BCUT2D eigenvalue weighted by atomic mass is 10.0. The normalized spacial score (nSPS) is 13.9. The molecule has 1 N–H and O–H groups in total. The van der Waals surface area contributed by atoms with Crippen molar-refractivity contribution in [2.45, 2.75) is 39.3 Å². The standard InChI is InChI=1S/C26H30N2O4/c1-26(2,3)32-25(29)20-16-28(15-17-10-11-22(30-4)23(14-17)31-5)13-12-19-18-8-6-7-9-21(18)27-24(19)20/h6-11,14,16,27H,12-13,15H2,1-5H3. The lowest BCUT2D eigenvalue weighted by molar-refractivity contribution is -0.147. The molecular formula is C26H30N2O4. The highest BCUT2D eigenvalue weighted by Gasteiger charge is 2.28. The Bertz CT molecular complexity index is 1170. The topological polar surface area (TPSA) is 63.8 Å². The number of hydrogen-bond donors (Lipinski definition) is 1. The first kappa shape index (κ1) is 21.8. The van der Waals surface area contributed by atoms with E-state index in [1.54, 1.807) is 14.2 Å². The number of benzene rings is 2. The van der Waals surface area contributed by atoms with Gasteiger partial charge in [0.25, 0.3) is 0 Å². The largest absolute Gasteiger partial charge is 0.493 e. The maximum absolute atomic E-state index is 13.2. The summed E-state index contributed by atoms with van der Waals surface area (Å²) >= 11 is 0. The third-order valence-electron chi connectivity index (χ3n) is 5.50. The number of aromatic nitrogens is 1. The van der Waals surface area contributed by atoms with Gasteiger partial charge < -0.3 is 24.1 Å². The summed E-state index contributed by atoms with van der Waals surface area (Å²) in [5.41, 5.74) is 4.05. The maximum atomic E-state index is 13.2. The summed E-state index contributed by atoms with van der Waals surface area (Å²) in [6, 6.07) is 14.1. The minimum atomic E-state index is -0.579. The molecule has 2 heterocycles. The molecular weight excluding hydrogens is 404 g/mol. The van der Waals surface area contributed by atoms with Gasteiger partial charge in [0.05, 0.1) is 25.5 Å². The minimum absolute atomic E-state index is 0.329. The first-order valence-electron chi connectivity index (χ1n) is 10.8. The molecule has 3 aromatic rings. The van der Waals surface area contributed by atoms with Crippen LogP contribution in [0, 0.1) is 0 Å². The lowest BCUT2D eigenvalue weighted by Gasteiger charge is -2.22. The third kappa shape index (κ3) is 4.44. The molecule has 1 aliphatic heterocycles. The molecule has 6 heteroatoms. The van der Waals surface area contributed by atoms with E-state index in [1.807, 2.05) is 63.4 Å². The molecule has 4 rings (SSSR count). The zero-order chi connectivity index (χ0) is 22.9. The Morgan fingerprint density at radius 1 is 1.06 bits per heavy atom. The Kier molecular flexibility index (Phi) is 5.87. The van der Waals surface area contributed by atoms with Crippen LogP contribution in [-0.2, 0) is 22.5 Å². The van der Waals surface area contributed by atoms with Crippen molar-refractivity contribution in [2.24, 2.45) is 0 Å². The van der Waals surface area contributed by atoms with E-state index in [9.17, 15) is 4.79 Å². The van der Waals surface area contributed by atoms with Gasteiger partial charge in [0.1, 0.15) is 5.60 Å². The number of carbonyl (C=O) groups excluding carboxylic acids is 1. The SMILES string of the molecule is COc1ccc(CN2C=C(C(=O)OC(C)(C)C)c3[nH]c4ccccc4c3CC2)cc1OC. The van der Waals surface area contributed by atoms with Crippen LogP contribution in [0.1, 0.15) is 37.6 Å². The second kappa shape index (κ2) is 8.61. The Balaban J connectivity index is 1.72. The molecule has 1 aliphatic rings. The van der Waals surface area contributed by atoms with Gasteiger partial charge in [0, 0.05) is 30.2 Å². The molecule has 1 aromatic heterocycles. The number of hydrogen-bond acceptors (Lipinski definition) is 5. The van der Waals surface area contributed by atoms with Gasteiger partial charge >= 0.3 is 5.97 Å². The summed E-state index contributed by atoms with van der Waals surface area (Å²) in [7, 11) is 3.26. The van der Waals surface area contributed by atoms with Crippen molar-refractivity contribution in [3.8, 4) is 11.5 Å². The Labute approximate surface area is 188 Å². The summed E-state index contributed by atoms with van der Waals surface area (Å²) in [5, 5.41) is 1.14. The van der Waals surface area contributed by atoms with Gasteiger partial charge in [-0.15, -0.1) is 0 Å². The van der Waals surface area contributed by atoms with Gasteiger partial charge in [-0.25, -0.2) is 4.79 Å². The van der Waals surface area contributed by atoms with Gasteiger partial charge in [-0.05, 0) is 56.5 Å². The van der Waals surface area contributed by atoms with E-state index in [-0.39, 0.29) is 5.97 Å². The lowest BCUT2D eigenvalue weighted by Crippen LogP contribution is -2.25. The zero-order valence-corrected chi connectivity index (χ0v) is 19.3. The minimum Gasteiger partial charge on any atom is -0.493 e. The van der Waals surface area contributed by atoms with Crippen molar-refractivity contribution >= 4 is 22.4 Å². The summed E-state index contributed by atoms with van der Waals surface area (Å²) in [6.45, 7) is 7.06. The van der Waals surface area contributed by atoms with Crippen LogP contribution in [0.4, 0.5) is 0 Å². The number of fused-ring (bicyclic) bond motifs is 3. The molecule has 0 fully saturated rings. The Morgan fingerprint density at radius 3 is 2.53 bits per heavy atom. The molecule has 0 saturated carbocycles. The first-order valence-corrected chi connectivity index (χ1v) is 10.8. The van der Waals surface area contributed by atoms with Crippen molar-refractivity contribution in [2.75, 3.05) is 20.8 Å². The van der Waals surface area contributed by atoms with Crippen molar-refractivity contribution in [3.05, 3.63) is 65.5 Å². The second-order valence-electron chi connectivity index (χ2n) is 8.98. The number of para-hydroxylation sites is 1. The first-order chi connectivity index (χ1) is 15.3. The fraction of sp³-hybridized carbons (Fsp3) is 0.346. The van der Waals surface area contributed by atoms with Crippen LogP contribution >= 0.6 is 0 Å². The molecule has 6 nitrogen and oxygen atoms in total. The maximum Gasteiger partial charge on any atom is 0.342 e. The van der Waals surface area contributed by atoms with Crippen LogP contribution in [0.15, 0.2) is 48.7 Å². The van der Waals surface area contributed by atoms with E-state index in [0.29, 0.717) is 23.6 Å². The van der Waals surface area contributed by atoms with Crippen LogP contribution < -0.4 is 9.47 Å². The van der Waals surface area contributed by atoms with Crippen LogP contribution in [-0.4, -0.2) is 42.2 Å². The monoisotopic (exact) mass is 434 g/mol.